The zero-order valence-corrected chi connectivity index (χ0v) is 69.3. The summed E-state index contributed by atoms with van der Waals surface area (Å²) in [7, 11) is -9.92. The normalized spacial score (nSPS) is 14.1. The summed E-state index contributed by atoms with van der Waals surface area (Å²) >= 11 is 0. The Morgan fingerprint density at radius 3 is 0.689 bits per heavy atom. The van der Waals surface area contributed by atoms with Crippen molar-refractivity contribution in [3.8, 4) is 0 Å². The van der Waals surface area contributed by atoms with E-state index >= 15 is 0 Å². The number of carbonyl (C=O) groups excluding carboxylic acids is 4. The third-order valence-electron chi connectivity index (χ3n) is 20.1. The molecule has 103 heavy (non-hydrogen) atoms. The maximum atomic E-state index is 13.1. The predicted molar refractivity (Wildman–Crippen MR) is 423 cm³/mol. The largest absolute Gasteiger partial charge is 0.472 e. The summed E-state index contributed by atoms with van der Waals surface area (Å²) in [5.41, 5.74) is 0. The number of phosphoric acid groups is 2. The van der Waals surface area contributed by atoms with Crippen LogP contribution in [0.5, 0.6) is 0 Å². The van der Waals surface area contributed by atoms with Crippen LogP contribution < -0.4 is 0 Å². The van der Waals surface area contributed by atoms with Crippen molar-refractivity contribution in [3.63, 3.8) is 0 Å². The third kappa shape index (κ3) is 76.6. The minimum absolute atomic E-state index is 0.109. The maximum absolute atomic E-state index is 13.1. The van der Waals surface area contributed by atoms with Gasteiger partial charge in [0, 0.05) is 25.7 Å². The highest BCUT2D eigenvalue weighted by Gasteiger charge is 2.30. The number of ether oxygens (including phenoxy) is 4. The smallest absolute Gasteiger partial charge is 0.462 e. The summed E-state index contributed by atoms with van der Waals surface area (Å²) in [6.45, 7) is 7.43. The molecule has 612 valence electrons. The lowest BCUT2D eigenvalue weighted by Gasteiger charge is -2.21. The van der Waals surface area contributed by atoms with E-state index in [0.717, 1.165) is 95.8 Å². The molecule has 0 bridgehead atoms. The molecule has 0 aliphatic carbocycles. The molecule has 0 fully saturated rings. The van der Waals surface area contributed by atoms with Gasteiger partial charge in [0.05, 0.1) is 26.4 Å². The quantitative estimate of drug-likeness (QED) is 0.0222. The van der Waals surface area contributed by atoms with E-state index < -0.39 is 97.5 Å². The zero-order valence-electron chi connectivity index (χ0n) is 67.5. The molecule has 0 saturated carbocycles. The molecular weight excluding hydrogens is 1340 g/mol. The number of hydrogen-bond acceptors (Lipinski definition) is 15. The molecule has 0 heterocycles. The number of hydrogen-bond donors (Lipinski definition) is 3. The third-order valence-corrected chi connectivity index (χ3v) is 22.0. The molecule has 0 spiro atoms. The average Bonchev–Trinajstić information content (AvgIpc) is 0.920. The summed E-state index contributed by atoms with van der Waals surface area (Å²) in [4.78, 5) is 73.1. The van der Waals surface area contributed by atoms with E-state index in [9.17, 15) is 43.2 Å². The molecule has 0 amide bonds. The van der Waals surface area contributed by atoms with Crippen LogP contribution in [0, 0.1) is 5.92 Å². The molecular formula is C84H164O17P2. The topological polar surface area (TPSA) is 237 Å². The standard InChI is InChI=1S/C84H164O17P2/c1-6-10-13-16-19-22-25-28-34-39-43-48-53-58-63-68-82(87)95-74-80(101-84(89)70-65-60-55-50-45-40-36-33-31-30-32-35-37-41-46-51-56-61-66-77(5)9-4)76-99-103(92,93)97-72-78(85)71-96-102(90,91)98-75-79(73-94-81(86)67-62-57-52-47-42-27-24-21-18-15-12-8-3)100-83(88)69-64-59-54-49-44-38-29-26-23-20-17-14-11-7-2/h77-80,85H,6-76H2,1-5H3,(H,90,91)(H,92,93)/t77?,78-,79+,80+/m0/s1. The van der Waals surface area contributed by atoms with E-state index in [1.807, 2.05) is 0 Å². The molecule has 19 heteroatoms. The van der Waals surface area contributed by atoms with E-state index in [0.29, 0.717) is 25.7 Å². The Bertz CT molecular complexity index is 1960. The monoisotopic (exact) mass is 1510 g/mol. The minimum Gasteiger partial charge on any atom is -0.462 e. The number of carbonyl (C=O) groups is 4. The summed E-state index contributed by atoms with van der Waals surface area (Å²) in [5, 5.41) is 10.7. The first kappa shape index (κ1) is 101. The van der Waals surface area contributed by atoms with E-state index in [2.05, 4.69) is 34.6 Å². The van der Waals surface area contributed by atoms with Gasteiger partial charge in [-0.1, -0.05) is 401 Å². The van der Waals surface area contributed by atoms with Crippen LogP contribution in [0.3, 0.4) is 0 Å². The average molecular weight is 1510 g/mol. The zero-order chi connectivity index (χ0) is 75.5. The Morgan fingerprint density at radius 2 is 0.466 bits per heavy atom. The Labute approximate surface area is 632 Å². The van der Waals surface area contributed by atoms with E-state index in [4.69, 9.17) is 37.0 Å². The Kier molecular flexibility index (Phi) is 75.4. The highest BCUT2D eigenvalue weighted by atomic mass is 31.2. The van der Waals surface area contributed by atoms with Gasteiger partial charge in [0.1, 0.15) is 19.3 Å². The van der Waals surface area contributed by atoms with Gasteiger partial charge in [-0.05, 0) is 31.6 Å². The summed E-state index contributed by atoms with van der Waals surface area (Å²) in [5.74, 6) is -1.23. The fourth-order valence-electron chi connectivity index (χ4n) is 13.1. The van der Waals surface area contributed by atoms with Crippen LogP contribution in [0.2, 0.25) is 0 Å². The van der Waals surface area contributed by atoms with Crippen molar-refractivity contribution in [1.29, 1.82) is 0 Å². The molecule has 6 atom stereocenters. The first-order valence-electron chi connectivity index (χ1n) is 43.7. The van der Waals surface area contributed by atoms with E-state index in [-0.39, 0.29) is 25.7 Å². The van der Waals surface area contributed by atoms with Crippen LogP contribution in [-0.2, 0) is 65.4 Å². The second-order valence-electron chi connectivity index (χ2n) is 30.5. The van der Waals surface area contributed by atoms with Crippen molar-refractivity contribution in [2.24, 2.45) is 5.92 Å². The van der Waals surface area contributed by atoms with Crippen molar-refractivity contribution in [1.82, 2.24) is 0 Å². The second-order valence-corrected chi connectivity index (χ2v) is 33.4. The van der Waals surface area contributed by atoms with Gasteiger partial charge in [0.15, 0.2) is 12.2 Å². The van der Waals surface area contributed by atoms with Crippen LogP contribution in [0.25, 0.3) is 0 Å². The molecule has 0 aromatic carbocycles. The summed E-state index contributed by atoms with van der Waals surface area (Å²) in [6.07, 6.45) is 69.2. The molecule has 3 N–H and O–H groups in total. The molecule has 0 aliphatic heterocycles. The summed E-state index contributed by atoms with van der Waals surface area (Å²) in [6, 6.07) is 0. The number of aliphatic hydroxyl groups excluding tert-OH is 1. The molecule has 3 unspecified atom stereocenters. The predicted octanol–water partition coefficient (Wildman–Crippen LogP) is 25.6. The SMILES string of the molecule is CCCCCCCCCCCCCCCCCC(=O)OC[C@H](COP(=O)(O)OC[C@@H](O)COP(=O)(O)OC[C@@H](COC(=O)CCCCCCCCCCCCCC)OC(=O)CCCCCCCCCCCCCCCC)OC(=O)CCCCCCCCCCCCCCCCCCCCC(C)CC. The Morgan fingerprint density at radius 1 is 0.272 bits per heavy atom. The Balaban J connectivity index is 5.23. The maximum Gasteiger partial charge on any atom is 0.472 e. The van der Waals surface area contributed by atoms with E-state index in [1.165, 1.54) is 276 Å². The lowest BCUT2D eigenvalue weighted by Crippen LogP contribution is -2.30. The van der Waals surface area contributed by atoms with E-state index in [1.54, 1.807) is 0 Å². The lowest BCUT2D eigenvalue weighted by molar-refractivity contribution is -0.161. The van der Waals surface area contributed by atoms with Crippen molar-refractivity contribution >= 4 is 39.5 Å². The summed E-state index contributed by atoms with van der Waals surface area (Å²) < 4.78 is 68.8. The van der Waals surface area contributed by atoms with Crippen molar-refractivity contribution in [2.75, 3.05) is 39.6 Å². The highest BCUT2D eigenvalue weighted by molar-refractivity contribution is 7.47. The molecule has 0 aliphatic rings. The molecule has 0 aromatic rings. The number of rotatable bonds is 84. The minimum atomic E-state index is -4.96. The molecule has 0 saturated heterocycles. The number of unbranched alkanes of at least 4 members (excludes halogenated alkanes) is 55. The number of aliphatic hydroxyl groups is 1. The molecule has 17 nitrogen and oxygen atoms in total. The lowest BCUT2D eigenvalue weighted by atomic mass is 9.99. The number of phosphoric ester groups is 2. The van der Waals surface area contributed by atoms with Crippen LogP contribution in [0.1, 0.15) is 452 Å². The van der Waals surface area contributed by atoms with Crippen molar-refractivity contribution < 1.29 is 80.2 Å². The van der Waals surface area contributed by atoms with Gasteiger partial charge in [-0.25, -0.2) is 9.13 Å². The van der Waals surface area contributed by atoms with Crippen molar-refractivity contribution in [2.45, 2.75) is 470 Å². The van der Waals surface area contributed by atoms with Gasteiger partial charge in [0.25, 0.3) is 0 Å². The van der Waals surface area contributed by atoms with Crippen molar-refractivity contribution in [3.05, 3.63) is 0 Å². The van der Waals surface area contributed by atoms with Crippen LogP contribution in [0.15, 0.2) is 0 Å². The van der Waals surface area contributed by atoms with Gasteiger partial charge in [-0.2, -0.15) is 0 Å². The number of esters is 4. The van der Waals surface area contributed by atoms with Crippen LogP contribution in [-0.4, -0.2) is 96.7 Å². The first-order valence-corrected chi connectivity index (χ1v) is 46.7. The van der Waals surface area contributed by atoms with Crippen LogP contribution >= 0.6 is 15.6 Å². The molecule has 0 rings (SSSR count). The Hall–Kier alpha value is -1.94. The van der Waals surface area contributed by atoms with Gasteiger partial charge in [0.2, 0.25) is 0 Å². The highest BCUT2D eigenvalue weighted by Crippen LogP contribution is 2.45. The molecule has 0 aromatic heterocycles. The van der Waals surface area contributed by atoms with Gasteiger partial charge in [-0.3, -0.25) is 37.3 Å². The fourth-order valence-corrected chi connectivity index (χ4v) is 14.7. The van der Waals surface area contributed by atoms with Crippen LogP contribution in [0.4, 0.5) is 0 Å². The van der Waals surface area contributed by atoms with Gasteiger partial charge >= 0.3 is 39.5 Å². The van der Waals surface area contributed by atoms with Gasteiger partial charge in [-0.15, -0.1) is 0 Å². The fraction of sp³-hybridized carbons (Fsp3) is 0.952. The second kappa shape index (κ2) is 76.8. The van der Waals surface area contributed by atoms with Gasteiger partial charge < -0.3 is 33.8 Å². The molecule has 0 radical (unpaired) electrons. The first-order chi connectivity index (χ1) is 50.1.